The smallest absolute Gasteiger partial charge is 0.412 e. The van der Waals surface area contributed by atoms with Crippen LogP contribution >= 0.6 is 54.1 Å². The molecule has 0 bridgehead atoms. The van der Waals surface area contributed by atoms with Gasteiger partial charge >= 0.3 is 19.7 Å². The molecule has 1 fully saturated rings. The van der Waals surface area contributed by atoms with E-state index in [-0.39, 0.29) is 34.5 Å². The lowest BCUT2D eigenvalue weighted by Crippen LogP contribution is -2.71. The number of thioether (sulfide) groups is 2. The molecule has 3 aromatic rings. The first-order chi connectivity index (χ1) is 21.8. The van der Waals surface area contributed by atoms with Crippen LogP contribution in [0.25, 0.3) is 11.3 Å². The van der Waals surface area contributed by atoms with Crippen molar-refractivity contribution in [2.45, 2.75) is 29.6 Å². The minimum absolute atomic E-state index is 0. The summed E-state index contributed by atoms with van der Waals surface area (Å²) in [6.07, 6.45) is 3.78. The molecular formula is C24H26N8O10PS4+. The SMILES string of the molecule is CCO/N=C(\C(=O)N[C@@H]1C(=O)N2C(C(=O)OC(C)=O)=C(Sc3nc(-c4cc[n+](C)cc4)cs3)CS[C@H]12)c1nsc(NP(=O)(O)O)n1.O. The quantitative estimate of drug-likeness (QED) is 0.0394. The second kappa shape index (κ2) is 15.0. The van der Waals surface area contributed by atoms with Crippen molar-refractivity contribution in [1.29, 1.82) is 0 Å². The van der Waals surface area contributed by atoms with Crippen molar-refractivity contribution in [1.82, 2.24) is 24.6 Å². The van der Waals surface area contributed by atoms with Gasteiger partial charge in [-0.1, -0.05) is 16.9 Å². The molecule has 47 heavy (non-hydrogen) atoms. The molecule has 1 saturated heterocycles. The number of anilines is 1. The van der Waals surface area contributed by atoms with Crippen LogP contribution in [0, 0.1) is 0 Å². The Balaban J connectivity index is 0.00000500. The van der Waals surface area contributed by atoms with E-state index in [1.165, 1.54) is 39.8 Å². The number of ether oxygens (including phenoxy) is 1. The molecule has 0 radical (unpaired) electrons. The van der Waals surface area contributed by atoms with Gasteiger partial charge in [-0.2, -0.15) is 9.36 Å². The van der Waals surface area contributed by atoms with Crippen molar-refractivity contribution in [3.8, 4) is 11.3 Å². The molecule has 2 amide bonds. The number of aryl methyl sites for hydroxylation is 1. The van der Waals surface area contributed by atoms with E-state index < -0.39 is 48.6 Å². The number of carbonyl (C=O) groups is 4. The van der Waals surface area contributed by atoms with E-state index in [4.69, 9.17) is 19.4 Å². The highest BCUT2D eigenvalue weighted by atomic mass is 32.2. The highest BCUT2D eigenvalue weighted by molar-refractivity contribution is 8.07. The summed E-state index contributed by atoms with van der Waals surface area (Å²) >= 11 is 4.37. The third-order valence-electron chi connectivity index (χ3n) is 6.00. The number of pyridine rings is 1. The normalized spacial score (nSPS) is 17.7. The van der Waals surface area contributed by atoms with Crippen LogP contribution in [0.5, 0.6) is 0 Å². The first kappa shape index (κ1) is 36.1. The Morgan fingerprint density at radius 2 is 1.98 bits per heavy atom. The lowest BCUT2D eigenvalue weighted by molar-refractivity contribution is -0.671. The van der Waals surface area contributed by atoms with E-state index >= 15 is 0 Å². The number of nitrogens with zero attached hydrogens (tertiary/aromatic N) is 6. The first-order valence-electron chi connectivity index (χ1n) is 13.0. The van der Waals surface area contributed by atoms with Gasteiger partial charge in [0, 0.05) is 52.2 Å². The predicted molar refractivity (Wildman–Crippen MR) is 171 cm³/mol. The van der Waals surface area contributed by atoms with Crippen LogP contribution in [0.1, 0.15) is 19.7 Å². The zero-order valence-electron chi connectivity index (χ0n) is 24.5. The number of hydrogen-bond donors (Lipinski definition) is 4. The Labute approximate surface area is 282 Å². The number of hydrogen-bond acceptors (Lipinski definition) is 15. The van der Waals surface area contributed by atoms with Crippen LogP contribution in [-0.2, 0) is 40.4 Å². The zero-order valence-corrected chi connectivity index (χ0v) is 28.6. The number of nitrogens with one attached hydrogen (secondary N) is 2. The minimum atomic E-state index is -4.69. The van der Waals surface area contributed by atoms with E-state index in [0.717, 1.165) is 18.2 Å². The molecule has 18 nitrogen and oxygen atoms in total. The van der Waals surface area contributed by atoms with Gasteiger partial charge in [0.05, 0.1) is 5.69 Å². The molecule has 0 aliphatic carbocycles. The second-order valence-corrected chi connectivity index (χ2v) is 14.7. The van der Waals surface area contributed by atoms with Gasteiger partial charge in [-0.25, -0.2) is 18.9 Å². The summed E-state index contributed by atoms with van der Waals surface area (Å²) in [5.74, 6) is -3.50. The number of amides is 2. The molecular weight excluding hydrogens is 720 g/mol. The maximum Gasteiger partial charge on any atom is 0.429 e. The number of rotatable bonds is 11. The molecule has 3 aromatic heterocycles. The number of carbonyl (C=O) groups excluding carboxylic acids is 4. The van der Waals surface area contributed by atoms with Crippen molar-refractivity contribution >= 4 is 88.7 Å². The zero-order chi connectivity index (χ0) is 33.2. The maximum atomic E-state index is 13.4. The molecule has 5 heterocycles. The van der Waals surface area contributed by atoms with E-state index in [9.17, 15) is 23.7 Å². The van der Waals surface area contributed by atoms with Crippen molar-refractivity contribution in [3.63, 3.8) is 0 Å². The van der Waals surface area contributed by atoms with E-state index in [2.05, 4.69) is 24.8 Å². The minimum Gasteiger partial charge on any atom is -0.412 e. The summed E-state index contributed by atoms with van der Waals surface area (Å²) in [5.41, 5.74) is 1.06. The molecule has 0 aromatic carbocycles. The van der Waals surface area contributed by atoms with E-state index in [1.54, 1.807) is 6.92 Å². The average molecular weight is 746 g/mol. The Hall–Kier alpha value is -3.76. The molecule has 250 valence electrons. The van der Waals surface area contributed by atoms with Gasteiger partial charge in [0.15, 0.2) is 16.7 Å². The summed E-state index contributed by atoms with van der Waals surface area (Å²) in [6, 6.07) is 2.72. The summed E-state index contributed by atoms with van der Waals surface area (Å²) < 4.78 is 22.5. The number of aromatic nitrogens is 4. The van der Waals surface area contributed by atoms with Gasteiger partial charge in [-0.3, -0.25) is 24.4 Å². The number of esters is 2. The van der Waals surface area contributed by atoms with Crippen LogP contribution in [-0.4, -0.2) is 87.7 Å². The number of fused-ring (bicyclic) bond motifs is 1. The summed E-state index contributed by atoms with van der Waals surface area (Å²) in [7, 11) is -2.79. The topological polar surface area (TPSA) is 258 Å². The van der Waals surface area contributed by atoms with Gasteiger partial charge in [-0.05, 0) is 6.92 Å². The molecule has 23 heteroatoms. The van der Waals surface area contributed by atoms with Crippen LogP contribution in [0.3, 0.4) is 0 Å². The molecule has 0 unspecified atom stereocenters. The molecule has 0 saturated carbocycles. The van der Waals surface area contributed by atoms with Crippen molar-refractivity contribution in [3.05, 3.63) is 46.3 Å². The van der Waals surface area contributed by atoms with Crippen LogP contribution < -0.4 is 15.0 Å². The summed E-state index contributed by atoms with van der Waals surface area (Å²) in [5, 5.41) is 8.99. The first-order valence-corrected chi connectivity index (χ1v) is 18.2. The largest absolute Gasteiger partial charge is 0.429 e. The fourth-order valence-electron chi connectivity index (χ4n) is 4.06. The van der Waals surface area contributed by atoms with E-state index in [1.807, 2.05) is 46.6 Å². The maximum absolute atomic E-state index is 13.4. The monoisotopic (exact) mass is 745 g/mol. The van der Waals surface area contributed by atoms with Crippen LogP contribution in [0.4, 0.5) is 5.13 Å². The third-order valence-corrected chi connectivity index (χ3v) is 10.8. The van der Waals surface area contributed by atoms with Crippen molar-refractivity contribution < 1.29 is 53.1 Å². The van der Waals surface area contributed by atoms with Gasteiger partial charge in [-0.15, -0.1) is 23.1 Å². The molecule has 2 atom stereocenters. The fraction of sp³-hybridized carbons (Fsp3) is 0.292. The van der Waals surface area contributed by atoms with Gasteiger partial charge < -0.3 is 30.2 Å². The van der Waals surface area contributed by atoms with Crippen LogP contribution in [0.15, 0.2) is 50.0 Å². The van der Waals surface area contributed by atoms with Gasteiger partial charge in [0.1, 0.15) is 30.8 Å². The highest BCUT2D eigenvalue weighted by Crippen LogP contribution is 2.46. The average Bonchev–Trinajstić information content (AvgIpc) is 3.64. The second-order valence-electron chi connectivity index (χ2n) is 9.30. The summed E-state index contributed by atoms with van der Waals surface area (Å²) in [4.78, 5) is 84.9. The molecule has 2 aliphatic rings. The Morgan fingerprint density at radius 1 is 1.26 bits per heavy atom. The standard InChI is InChI=1S/C24H23N8O9PS4.H2O/c1-4-40-28-15(18-27-23(46-30-18)29-42(37,38)39)19(34)26-16-20(35)32-17(22(36)41-11(2)33)14(10-43-21(16)32)45-24-25-13(9-44-24)12-5-7-31(3)8-6-12;/h5-9,16,21H,4,10H2,1-3H3,(H3-,26,27,29,30,34,37,38,39);1H2/p+1/b28-15-;/t16-,21-;/m1./s1. The van der Waals surface area contributed by atoms with Gasteiger partial charge in [0.25, 0.3) is 11.8 Å². The number of thiazole rings is 1. The predicted octanol–water partition coefficient (Wildman–Crippen LogP) is 0.400. The highest BCUT2D eigenvalue weighted by Gasteiger charge is 2.55. The fourth-order valence-corrected chi connectivity index (χ4v) is 8.77. The van der Waals surface area contributed by atoms with E-state index in [0.29, 0.717) is 20.8 Å². The molecule has 2 aliphatic heterocycles. The number of β-lactam (4-membered cyclic amide) rings is 1. The van der Waals surface area contributed by atoms with Gasteiger partial charge in [0.2, 0.25) is 16.7 Å². The van der Waals surface area contributed by atoms with Crippen LogP contribution in [0.2, 0.25) is 0 Å². The molecule has 5 rings (SSSR count). The number of oxime groups is 1. The lowest BCUT2D eigenvalue weighted by atomic mass is 10.0. The Morgan fingerprint density at radius 3 is 2.64 bits per heavy atom. The van der Waals surface area contributed by atoms with Crippen molar-refractivity contribution in [2.24, 2.45) is 12.2 Å². The van der Waals surface area contributed by atoms with Crippen molar-refractivity contribution in [2.75, 3.05) is 17.4 Å². The Bertz CT molecular complexity index is 1810. The Kier molecular flexibility index (Phi) is 11.5. The molecule has 0 spiro atoms. The lowest BCUT2D eigenvalue weighted by Gasteiger charge is -2.49. The molecule has 6 N–H and O–H groups in total. The summed E-state index contributed by atoms with van der Waals surface area (Å²) in [6.45, 7) is 2.75. The third kappa shape index (κ3) is 8.40.